The van der Waals surface area contributed by atoms with Crippen molar-refractivity contribution in [2.45, 2.75) is 19.4 Å². The first-order chi connectivity index (χ1) is 7.90. The van der Waals surface area contributed by atoms with Crippen LogP contribution in [0.5, 0.6) is 0 Å². The number of nitrogens with zero attached hydrogens (tertiary/aromatic N) is 1. The van der Waals surface area contributed by atoms with E-state index in [1.54, 1.807) is 0 Å². The van der Waals surface area contributed by atoms with Crippen LogP contribution >= 0.6 is 0 Å². The molecule has 0 aliphatic carbocycles. The average Bonchev–Trinajstić information content (AvgIpc) is 2.34. The first-order valence-electron chi connectivity index (χ1n) is 5.86. The molecule has 0 saturated heterocycles. The first-order valence-corrected chi connectivity index (χ1v) is 5.86. The van der Waals surface area contributed by atoms with Crippen molar-refractivity contribution >= 4 is 6.41 Å². The summed E-state index contributed by atoms with van der Waals surface area (Å²) in [7, 11) is 0. The molecule has 0 unspecified atom stereocenters. The van der Waals surface area contributed by atoms with E-state index in [-0.39, 0.29) is 0 Å². The predicted octanol–water partition coefficient (Wildman–Crippen LogP) is 1.18. The Kier molecular flexibility index (Phi) is 3.94. The van der Waals surface area contributed by atoms with Crippen LogP contribution in [0.3, 0.4) is 0 Å². The number of fused-ring (bicyclic) bond motifs is 1. The van der Waals surface area contributed by atoms with Crippen LogP contribution in [0, 0.1) is 0 Å². The number of hydrogen-bond donors (Lipinski definition) is 1. The van der Waals surface area contributed by atoms with Crippen molar-refractivity contribution < 1.29 is 4.79 Å². The molecular weight excluding hydrogens is 200 g/mol. The summed E-state index contributed by atoms with van der Waals surface area (Å²) < 4.78 is 0. The van der Waals surface area contributed by atoms with Crippen molar-refractivity contribution in [1.29, 1.82) is 0 Å². The zero-order valence-corrected chi connectivity index (χ0v) is 9.48. The van der Waals surface area contributed by atoms with E-state index in [0.29, 0.717) is 0 Å². The fraction of sp³-hybridized carbons (Fsp3) is 0.462. The van der Waals surface area contributed by atoms with Crippen molar-refractivity contribution in [2.24, 2.45) is 0 Å². The van der Waals surface area contributed by atoms with Crippen LogP contribution in [0.2, 0.25) is 0 Å². The van der Waals surface area contributed by atoms with Gasteiger partial charge in [-0.15, -0.1) is 0 Å². The summed E-state index contributed by atoms with van der Waals surface area (Å²) in [6.07, 6.45) is 2.95. The molecule has 0 atom stereocenters. The Morgan fingerprint density at radius 2 is 2.12 bits per heavy atom. The number of carbonyl (C=O) groups excluding carboxylic acids is 1. The van der Waals surface area contributed by atoms with Crippen LogP contribution < -0.4 is 5.32 Å². The van der Waals surface area contributed by atoms with Crippen LogP contribution in [0.1, 0.15) is 17.5 Å². The van der Waals surface area contributed by atoms with Crippen LogP contribution in [0.25, 0.3) is 0 Å². The molecule has 1 aliphatic rings. The third-order valence-corrected chi connectivity index (χ3v) is 3.09. The molecule has 0 radical (unpaired) electrons. The monoisotopic (exact) mass is 218 g/mol. The van der Waals surface area contributed by atoms with Gasteiger partial charge in [0, 0.05) is 26.2 Å². The fourth-order valence-electron chi connectivity index (χ4n) is 2.21. The molecule has 1 N–H and O–H groups in total. The lowest BCUT2D eigenvalue weighted by Crippen LogP contribution is -2.32. The molecule has 1 aliphatic heterocycles. The highest BCUT2D eigenvalue weighted by molar-refractivity contribution is 5.45. The van der Waals surface area contributed by atoms with Gasteiger partial charge in [-0.2, -0.15) is 0 Å². The molecule has 0 saturated carbocycles. The van der Waals surface area contributed by atoms with E-state index >= 15 is 0 Å². The van der Waals surface area contributed by atoms with Gasteiger partial charge >= 0.3 is 0 Å². The van der Waals surface area contributed by atoms with Crippen LogP contribution in [-0.4, -0.2) is 30.9 Å². The van der Waals surface area contributed by atoms with E-state index in [4.69, 9.17) is 0 Å². The Labute approximate surface area is 96.5 Å². The third kappa shape index (κ3) is 2.83. The molecule has 1 amide bonds. The van der Waals surface area contributed by atoms with E-state index in [2.05, 4.69) is 34.5 Å². The minimum absolute atomic E-state index is 0.769. The number of hydrogen-bond acceptors (Lipinski definition) is 2. The molecule has 0 fully saturated rings. The van der Waals surface area contributed by atoms with Crippen molar-refractivity contribution in [3.05, 3.63) is 35.4 Å². The third-order valence-electron chi connectivity index (χ3n) is 3.09. The smallest absolute Gasteiger partial charge is 0.207 e. The zero-order valence-electron chi connectivity index (χ0n) is 9.48. The normalized spacial score (nSPS) is 15.5. The zero-order chi connectivity index (χ0) is 11.2. The lowest BCUT2D eigenvalue weighted by atomic mass is 10.00. The highest BCUT2D eigenvalue weighted by Crippen LogP contribution is 2.18. The van der Waals surface area contributed by atoms with Crippen molar-refractivity contribution in [1.82, 2.24) is 10.2 Å². The standard InChI is InChI=1S/C13H18N2O/c16-11-14-7-3-8-15-9-6-12-4-1-2-5-13(12)10-15/h1-2,4-5,11H,3,6-10H2,(H,14,16). The molecule has 1 aromatic carbocycles. The second-order valence-electron chi connectivity index (χ2n) is 4.22. The first kappa shape index (κ1) is 11.1. The highest BCUT2D eigenvalue weighted by Gasteiger charge is 2.14. The molecule has 3 heteroatoms. The van der Waals surface area contributed by atoms with Gasteiger partial charge in [-0.25, -0.2) is 0 Å². The lowest BCUT2D eigenvalue weighted by Gasteiger charge is -2.28. The quantitative estimate of drug-likeness (QED) is 0.594. The van der Waals surface area contributed by atoms with Gasteiger partial charge in [0.05, 0.1) is 0 Å². The molecule has 1 heterocycles. The number of rotatable bonds is 5. The summed E-state index contributed by atoms with van der Waals surface area (Å²) in [5, 5.41) is 2.70. The topological polar surface area (TPSA) is 32.3 Å². The summed E-state index contributed by atoms with van der Waals surface area (Å²) in [5.41, 5.74) is 2.95. The van der Waals surface area contributed by atoms with E-state index in [0.717, 1.165) is 45.4 Å². The number of benzene rings is 1. The maximum absolute atomic E-state index is 10.1. The molecule has 0 bridgehead atoms. The maximum atomic E-state index is 10.1. The van der Waals surface area contributed by atoms with Gasteiger partial charge in [0.25, 0.3) is 0 Å². The van der Waals surface area contributed by atoms with E-state index in [1.165, 1.54) is 11.1 Å². The van der Waals surface area contributed by atoms with Gasteiger partial charge in [-0.1, -0.05) is 24.3 Å². The summed E-state index contributed by atoms with van der Waals surface area (Å²) >= 11 is 0. The van der Waals surface area contributed by atoms with Crippen LogP contribution in [-0.2, 0) is 17.8 Å². The SMILES string of the molecule is O=CNCCCN1CCc2ccccc2C1. The number of nitrogens with one attached hydrogen (secondary N) is 1. The van der Waals surface area contributed by atoms with Gasteiger partial charge < -0.3 is 5.32 Å². The Bertz CT molecular complexity index is 352. The van der Waals surface area contributed by atoms with E-state index < -0.39 is 0 Å². The number of carbonyl (C=O) groups is 1. The Hall–Kier alpha value is -1.35. The summed E-state index contributed by atoms with van der Waals surface area (Å²) in [5.74, 6) is 0. The van der Waals surface area contributed by atoms with E-state index in [1.807, 2.05) is 0 Å². The second-order valence-corrected chi connectivity index (χ2v) is 4.22. The van der Waals surface area contributed by atoms with E-state index in [9.17, 15) is 4.79 Å². The van der Waals surface area contributed by atoms with Gasteiger partial charge in [0.15, 0.2) is 0 Å². The molecule has 1 aromatic rings. The molecule has 86 valence electrons. The largest absolute Gasteiger partial charge is 0.359 e. The molecule has 0 aromatic heterocycles. The fourth-order valence-corrected chi connectivity index (χ4v) is 2.21. The summed E-state index contributed by atoms with van der Waals surface area (Å²) in [6.45, 7) is 4.03. The second kappa shape index (κ2) is 5.66. The highest BCUT2D eigenvalue weighted by atomic mass is 16.1. The van der Waals surface area contributed by atoms with Gasteiger partial charge in [-0.3, -0.25) is 9.69 Å². The average molecular weight is 218 g/mol. The van der Waals surface area contributed by atoms with Crippen LogP contribution in [0.15, 0.2) is 24.3 Å². The molecule has 0 spiro atoms. The van der Waals surface area contributed by atoms with Crippen molar-refractivity contribution in [2.75, 3.05) is 19.6 Å². The maximum Gasteiger partial charge on any atom is 0.207 e. The summed E-state index contributed by atoms with van der Waals surface area (Å²) in [6, 6.07) is 8.66. The Morgan fingerprint density at radius 3 is 2.94 bits per heavy atom. The van der Waals surface area contributed by atoms with Gasteiger partial charge in [-0.05, 0) is 24.0 Å². The number of amides is 1. The minimum atomic E-state index is 0.769. The van der Waals surface area contributed by atoms with Gasteiger partial charge in [0.1, 0.15) is 0 Å². The predicted molar refractivity (Wildman–Crippen MR) is 64.1 cm³/mol. The Morgan fingerprint density at radius 1 is 1.31 bits per heavy atom. The van der Waals surface area contributed by atoms with Gasteiger partial charge in [0.2, 0.25) is 6.41 Å². The molecule has 16 heavy (non-hydrogen) atoms. The molecular formula is C13H18N2O. The van der Waals surface area contributed by atoms with Crippen LogP contribution in [0.4, 0.5) is 0 Å². The van der Waals surface area contributed by atoms with Crippen molar-refractivity contribution in [3.63, 3.8) is 0 Å². The molecule has 2 rings (SSSR count). The summed E-state index contributed by atoms with van der Waals surface area (Å²) in [4.78, 5) is 12.5. The minimum Gasteiger partial charge on any atom is -0.359 e. The lowest BCUT2D eigenvalue weighted by molar-refractivity contribution is -0.109. The Balaban J connectivity index is 1.81. The van der Waals surface area contributed by atoms with Crippen molar-refractivity contribution in [3.8, 4) is 0 Å². The molecule has 3 nitrogen and oxygen atoms in total.